The van der Waals surface area contributed by atoms with Crippen LogP contribution < -0.4 is 10.6 Å². The predicted octanol–water partition coefficient (Wildman–Crippen LogP) is 3.71. The molecule has 0 aliphatic heterocycles. The molecule has 0 aliphatic rings. The van der Waals surface area contributed by atoms with E-state index in [1.165, 1.54) is 11.3 Å². The Labute approximate surface area is 160 Å². The molecule has 0 radical (unpaired) electrons. The Morgan fingerprint density at radius 1 is 1.15 bits per heavy atom. The fourth-order valence-electron chi connectivity index (χ4n) is 2.52. The molecule has 2 heterocycles. The number of unbranched alkanes of at least 4 members (excludes halogenated alkanes) is 2. The summed E-state index contributed by atoms with van der Waals surface area (Å²) in [4.78, 5) is 26.5. The first kappa shape index (κ1) is 18.8. The second-order valence-electron chi connectivity index (χ2n) is 5.91. The normalized spacial score (nSPS) is 10.5. The fourth-order valence-corrected chi connectivity index (χ4v) is 3.23. The lowest BCUT2D eigenvalue weighted by molar-refractivity contribution is -0.116. The first-order valence-corrected chi connectivity index (χ1v) is 9.59. The predicted molar refractivity (Wildman–Crippen MR) is 104 cm³/mol. The average Bonchev–Trinajstić information content (AvgIpc) is 3.35. The largest absolute Gasteiger partial charge is 0.359 e. The van der Waals surface area contributed by atoms with E-state index in [4.69, 9.17) is 4.52 Å². The Bertz CT molecular complexity index is 876. The van der Waals surface area contributed by atoms with Gasteiger partial charge in [0.15, 0.2) is 10.9 Å². The van der Waals surface area contributed by atoms with Crippen LogP contribution >= 0.6 is 11.3 Å². The maximum Gasteiger partial charge on any atom is 0.226 e. The summed E-state index contributed by atoms with van der Waals surface area (Å²) in [6.07, 6.45) is 3.63. The van der Waals surface area contributed by atoms with Gasteiger partial charge in [0, 0.05) is 30.0 Å². The molecule has 8 heteroatoms. The number of nitrogens with one attached hydrogen (secondary N) is 2. The maximum absolute atomic E-state index is 12.0. The highest BCUT2D eigenvalue weighted by Crippen LogP contribution is 2.28. The Hall–Kier alpha value is -3.00. The van der Waals surface area contributed by atoms with Gasteiger partial charge < -0.3 is 15.2 Å². The van der Waals surface area contributed by atoms with Gasteiger partial charge in [0.25, 0.3) is 0 Å². The standard InChI is InChI=1S/C19H20N4O3S/c24-13-20-10-6-2-5-9-18(25)22-19-21-16(12-27-19)17-11-15(23-26-17)14-7-3-1-4-8-14/h1,3-4,7-8,11-13H,2,5-6,9-10H2,(H,20,24)(H,21,22,25). The Morgan fingerprint density at radius 3 is 2.81 bits per heavy atom. The van der Waals surface area contributed by atoms with Crippen molar-refractivity contribution in [3.8, 4) is 22.7 Å². The molecule has 2 amide bonds. The third kappa shape index (κ3) is 5.49. The van der Waals surface area contributed by atoms with E-state index in [0.717, 1.165) is 30.5 Å². The molecule has 0 bridgehead atoms. The SMILES string of the molecule is O=CNCCCCCC(=O)Nc1nc(-c2cc(-c3ccccc3)no2)cs1. The molecule has 27 heavy (non-hydrogen) atoms. The van der Waals surface area contributed by atoms with E-state index in [9.17, 15) is 9.59 Å². The number of carbonyl (C=O) groups excluding carboxylic acids is 2. The van der Waals surface area contributed by atoms with Gasteiger partial charge >= 0.3 is 0 Å². The molecule has 0 unspecified atom stereocenters. The number of thiazole rings is 1. The molecule has 3 rings (SSSR count). The first-order valence-electron chi connectivity index (χ1n) is 8.71. The molecular formula is C19H20N4O3S. The average molecular weight is 384 g/mol. The number of amides is 2. The van der Waals surface area contributed by atoms with Gasteiger partial charge in [0.2, 0.25) is 12.3 Å². The molecule has 1 aromatic carbocycles. The smallest absolute Gasteiger partial charge is 0.226 e. The van der Waals surface area contributed by atoms with Crippen LogP contribution in [0, 0.1) is 0 Å². The number of anilines is 1. The van der Waals surface area contributed by atoms with Gasteiger partial charge in [-0.3, -0.25) is 9.59 Å². The van der Waals surface area contributed by atoms with Crippen molar-refractivity contribution in [2.24, 2.45) is 0 Å². The van der Waals surface area contributed by atoms with Crippen molar-refractivity contribution >= 4 is 28.8 Å². The number of rotatable bonds is 10. The molecule has 0 spiro atoms. The molecule has 2 N–H and O–H groups in total. The van der Waals surface area contributed by atoms with Crippen molar-refractivity contribution in [2.75, 3.05) is 11.9 Å². The highest BCUT2D eigenvalue weighted by atomic mass is 32.1. The highest BCUT2D eigenvalue weighted by molar-refractivity contribution is 7.14. The van der Waals surface area contributed by atoms with E-state index in [1.54, 1.807) is 0 Å². The maximum atomic E-state index is 12.0. The summed E-state index contributed by atoms with van der Waals surface area (Å²) < 4.78 is 5.39. The summed E-state index contributed by atoms with van der Waals surface area (Å²) in [5.41, 5.74) is 2.36. The fraction of sp³-hybridized carbons (Fsp3) is 0.263. The zero-order valence-electron chi connectivity index (χ0n) is 14.7. The quantitative estimate of drug-likeness (QED) is 0.410. The van der Waals surface area contributed by atoms with Gasteiger partial charge in [-0.25, -0.2) is 4.98 Å². The second-order valence-corrected chi connectivity index (χ2v) is 6.77. The van der Waals surface area contributed by atoms with Crippen LogP contribution in [0.15, 0.2) is 46.3 Å². The molecule has 0 atom stereocenters. The second kappa shape index (κ2) is 9.63. The van der Waals surface area contributed by atoms with Crippen molar-refractivity contribution in [3.05, 3.63) is 41.8 Å². The molecule has 0 aliphatic carbocycles. The number of benzene rings is 1. The van der Waals surface area contributed by atoms with E-state index in [1.807, 2.05) is 41.8 Å². The number of nitrogens with zero attached hydrogens (tertiary/aromatic N) is 2. The van der Waals surface area contributed by atoms with Crippen molar-refractivity contribution in [1.29, 1.82) is 0 Å². The summed E-state index contributed by atoms with van der Waals surface area (Å²) in [6.45, 7) is 0.642. The van der Waals surface area contributed by atoms with Crippen LogP contribution in [0.1, 0.15) is 25.7 Å². The van der Waals surface area contributed by atoms with Gasteiger partial charge in [-0.15, -0.1) is 11.3 Å². The summed E-state index contributed by atoms with van der Waals surface area (Å²) in [7, 11) is 0. The highest BCUT2D eigenvalue weighted by Gasteiger charge is 2.13. The molecule has 7 nitrogen and oxygen atoms in total. The minimum atomic E-state index is -0.0678. The Morgan fingerprint density at radius 2 is 2.00 bits per heavy atom. The zero-order chi connectivity index (χ0) is 18.9. The van der Waals surface area contributed by atoms with Crippen molar-refractivity contribution in [3.63, 3.8) is 0 Å². The van der Waals surface area contributed by atoms with Crippen LogP contribution in [0.4, 0.5) is 5.13 Å². The van der Waals surface area contributed by atoms with Crippen LogP contribution in [-0.2, 0) is 9.59 Å². The zero-order valence-corrected chi connectivity index (χ0v) is 15.5. The molecular weight excluding hydrogens is 364 g/mol. The Kier molecular flexibility index (Phi) is 6.70. The topological polar surface area (TPSA) is 97.1 Å². The molecule has 0 saturated heterocycles. The first-order chi connectivity index (χ1) is 13.3. The van der Waals surface area contributed by atoms with E-state index < -0.39 is 0 Å². The lowest BCUT2D eigenvalue weighted by Crippen LogP contribution is -2.13. The van der Waals surface area contributed by atoms with E-state index >= 15 is 0 Å². The number of aromatic nitrogens is 2. The van der Waals surface area contributed by atoms with Crippen molar-refractivity contribution < 1.29 is 14.1 Å². The van der Waals surface area contributed by atoms with Crippen LogP contribution in [-0.4, -0.2) is 29.0 Å². The van der Waals surface area contributed by atoms with Crippen LogP contribution in [0.3, 0.4) is 0 Å². The molecule has 0 saturated carbocycles. The van der Waals surface area contributed by atoms with Crippen LogP contribution in [0.5, 0.6) is 0 Å². The van der Waals surface area contributed by atoms with Gasteiger partial charge in [-0.05, 0) is 12.8 Å². The molecule has 3 aromatic rings. The lowest BCUT2D eigenvalue weighted by atomic mass is 10.1. The summed E-state index contributed by atoms with van der Waals surface area (Å²) in [6, 6.07) is 11.6. The van der Waals surface area contributed by atoms with E-state index in [-0.39, 0.29) is 5.91 Å². The summed E-state index contributed by atoms with van der Waals surface area (Å²) in [5, 5.41) is 11.9. The van der Waals surface area contributed by atoms with Crippen molar-refractivity contribution in [1.82, 2.24) is 15.5 Å². The van der Waals surface area contributed by atoms with E-state index in [0.29, 0.717) is 36.0 Å². The minimum Gasteiger partial charge on any atom is -0.359 e. The monoisotopic (exact) mass is 384 g/mol. The number of hydrogen-bond donors (Lipinski definition) is 2. The third-order valence-electron chi connectivity index (χ3n) is 3.89. The van der Waals surface area contributed by atoms with Gasteiger partial charge in [-0.2, -0.15) is 0 Å². The molecule has 0 fully saturated rings. The third-order valence-corrected chi connectivity index (χ3v) is 4.65. The van der Waals surface area contributed by atoms with Gasteiger partial charge in [0.1, 0.15) is 11.4 Å². The van der Waals surface area contributed by atoms with Gasteiger partial charge in [-0.1, -0.05) is 41.9 Å². The Balaban J connectivity index is 1.51. The number of carbonyl (C=O) groups is 2. The molecule has 140 valence electrons. The van der Waals surface area contributed by atoms with Gasteiger partial charge in [0.05, 0.1) is 0 Å². The number of hydrogen-bond acceptors (Lipinski definition) is 6. The summed E-state index contributed by atoms with van der Waals surface area (Å²) in [5.74, 6) is 0.495. The van der Waals surface area contributed by atoms with Crippen LogP contribution in [0.2, 0.25) is 0 Å². The van der Waals surface area contributed by atoms with Crippen LogP contribution in [0.25, 0.3) is 22.7 Å². The molecule has 2 aromatic heterocycles. The van der Waals surface area contributed by atoms with Crippen molar-refractivity contribution in [2.45, 2.75) is 25.7 Å². The minimum absolute atomic E-state index is 0.0678. The van der Waals surface area contributed by atoms with E-state index in [2.05, 4.69) is 20.8 Å². The summed E-state index contributed by atoms with van der Waals surface area (Å²) >= 11 is 1.35. The lowest BCUT2D eigenvalue weighted by Gasteiger charge is -2.02.